The molecule has 1 saturated heterocycles. The molecule has 27 heavy (non-hydrogen) atoms. The summed E-state index contributed by atoms with van der Waals surface area (Å²) >= 11 is 6.38. The molecular formula is C18H12N2O5S2. The molecule has 2 aromatic carbocycles. The molecule has 1 aliphatic rings. The lowest BCUT2D eigenvalue weighted by atomic mass is 10.1. The van der Waals surface area contributed by atoms with E-state index in [0.29, 0.717) is 21.7 Å². The second-order valence-corrected chi connectivity index (χ2v) is 7.27. The van der Waals surface area contributed by atoms with Crippen molar-refractivity contribution in [2.24, 2.45) is 0 Å². The van der Waals surface area contributed by atoms with Crippen LogP contribution in [-0.4, -0.2) is 26.2 Å². The van der Waals surface area contributed by atoms with E-state index in [2.05, 4.69) is 0 Å². The molecule has 0 radical (unpaired) electrons. The summed E-state index contributed by atoms with van der Waals surface area (Å²) in [6.07, 6.45) is 0. The first-order valence-electron chi connectivity index (χ1n) is 7.65. The minimum atomic E-state index is -1.11. The number of rotatable bonds is 4. The third-order valence-corrected chi connectivity index (χ3v) is 5.43. The highest BCUT2D eigenvalue weighted by Gasteiger charge is 2.35. The maximum atomic E-state index is 12.9. The number of carboxylic acids is 1. The SMILES string of the molecule is CC(=C1SC(=S)N(c2cccc(C(=O)O)c2)C1=O)c1cccc([N+](=O)[O-])c1. The maximum absolute atomic E-state index is 12.9. The molecule has 7 nitrogen and oxygen atoms in total. The highest BCUT2D eigenvalue weighted by molar-refractivity contribution is 8.27. The maximum Gasteiger partial charge on any atom is 0.335 e. The molecular weight excluding hydrogens is 388 g/mol. The van der Waals surface area contributed by atoms with Crippen molar-refractivity contribution in [2.75, 3.05) is 4.90 Å². The van der Waals surface area contributed by atoms with Crippen molar-refractivity contribution in [3.05, 3.63) is 74.7 Å². The van der Waals surface area contributed by atoms with Crippen LogP contribution in [0.5, 0.6) is 0 Å². The van der Waals surface area contributed by atoms with E-state index in [1.54, 1.807) is 25.1 Å². The predicted molar refractivity (Wildman–Crippen MR) is 107 cm³/mol. The van der Waals surface area contributed by atoms with Crippen LogP contribution in [0.4, 0.5) is 11.4 Å². The number of allylic oxidation sites excluding steroid dienone is 1. The minimum Gasteiger partial charge on any atom is -0.478 e. The predicted octanol–water partition coefficient (Wildman–Crippen LogP) is 4.09. The highest BCUT2D eigenvalue weighted by Crippen LogP contribution is 2.39. The molecule has 2 aromatic rings. The fourth-order valence-electron chi connectivity index (χ4n) is 2.58. The summed E-state index contributed by atoms with van der Waals surface area (Å²) in [6.45, 7) is 1.69. The molecule has 1 N–H and O–H groups in total. The molecule has 1 amide bonds. The highest BCUT2D eigenvalue weighted by atomic mass is 32.2. The molecule has 3 rings (SSSR count). The summed E-state index contributed by atoms with van der Waals surface area (Å²) in [7, 11) is 0. The van der Waals surface area contributed by atoms with Crippen LogP contribution in [0.1, 0.15) is 22.8 Å². The number of nitro benzene ring substituents is 1. The molecule has 0 aliphatic carbocycles. The molecule has 9 heteroatoms. The van der Waals surface area contributed by atoms with Crippen LogP contribution in [0.15, 0.2) is 53.4 Å². The Morgan fingerprint density at radius 3 is 2.52 bits per heavy atom. The number of nitro groups is 1. The van der Waals surface area contributed by atoms with E-state index in [-0.39, 0.29) is 15.6 Å². The Balaban J connectivity index is 2.02. The van der Waals surface area contributed by atoms with Gasteiger partial charge in [0.1, 0.15) is 0 Å². The van der Waals surface area contributed by atoms with Gasteiger partial charge in [0.05, 0.1) is 21.1 Å². The summed E-state index contributed by atoms with van der Waals surface area (Å²) in [6, 6.07) is 11.9. The third kappa shape index (κ3) is 3.60. The lowest BCUT2D eigenvalue weighted by Crippen LogP contribution is -2.27. The van der Waals surface area contributed by atoms with Crippen LogP contribution in [0.25, 0.3) is 5.57 Å². The van der Waals surface area contributed by atoms with Crippen molar-refractivity contribution in [2.45, 2.75) is 6.92 Å². The van der Waals surface area contributed by atoms with Gasteiger partial charge in [-0.2, -0.15) is 0 Å². The van der Waals surface area contributed by atoms with Crippen LogP contribution in [0.2, 0.25) is 0 Å². The lowest BCUT2D eigenvalue weighted by molar-refractivity contribution is -0.384. The van der Waals surface area contributed by atoms with Crippen molar-refractivity contribution < 1.29 is 19.6 Å². The largest absolute Gasteiger partial charge is 0.478 e. The van der Waals surface area contributed by atoms with Crippen molar-refractivity contribution in [3.8, 4) is 0 Å². The second kappa shape index (κ2) is 7.29. The number of aromatic carboxylic acids is 1. The Kier molecular flexibility index (Phi) is 5.06. The fourth-order valence-corrected chi connectivity index (χ4v) is 3.92. The molecule has 0 unspecified atom stereocenters. The van der Waals surface area contributed by atoms with E-state index in [1.165, 1.54) is 35.2 Å². The van der Waals surface area contributed by atoms with Crippen LogP contribution in [0, 0.1) is 10.1 Å². The quantitative estimate of drug-likeness (QED) is 0.357. The summed E-state index contributed by atoms with van der Waals surface area (Å²) in [4.78, 5) is 36.2. The van der Waals surface area contributed by atoms with Gasteiger partial charge in [0.15, 0.2) is 4.32 Å². The third-order valence-electron chi connectivity index (χ3n) is 3.95. The first-order chi connectivity index (χ1) is 12.8. The van der Waals surface area contributed by atoms with Crippen LogP contribution in [-0.2, 0) is 4.79 Å². The number of anilines is 1. The number of hydrogen-bond donors (Lipinski definition) is 1. The Bertz CT molecular complexity index is 1030. The number of nitrogens with zero attached hydrogens (tertiary/aromatic N) is 2. The van der Waals surface area contributed by atoms with Gasteiger partial charge in [-0.05, 0) is 36.3 Å². The number of carbonyl (C=O) groups excluding carboxylic acids is 1. The van der Waals surface area contributed by atoms with E-state index >= 15 is 0 Å². The topological polar surface area (TPSA) is 101 Å². The van der Waals surface area contributed by atoms with Gasteiger partial charge >= 0.3 is 5.97 Å². The van der Waals surface area contributed by atoms with Gasteiger partial charge < -0.3 is 5.11 Å². The van der Waals surface area contributed by atoms with E-state index in [4.69, 9.17) is 17.3 Å². The summed E-state index contributed by atoms with van der Waals surface area (Å²) in [5.41, 5.74) is 1.44. The van der Waals surface area contributed by atoms with Crippen molar-refractivity contribution in [3.63, 3.8) is 0 Å². The van der Waals surface area contributed by atoms with Gasteiger partial charge in [-0.1, -0.05) is 42.2 Å². The van der Waals surface area contributed by atoms with E-state index in [0.717, 1.165) is 11.8 Å². The number of non-ortho nitro benzene ring substituents is 1. The van der Waals surface area contributed by atoms with Crippen LogP contribution in [0.3, 0.4) is 0 Å². The van der Waals surface area contributed by atoms with E-state index in [9.17, 15) is 19.7 Å². The Labute approximate surface area is 163 Å². The Morgan fingerprint density at radius 2 is 1.85 bits per heavy atom. The first-order valence-corrected chi connectivity index (χ1v) is 8.87. The molecule has 136 valence electrons. The number of carbonyl (C=O) groups is 2. The molecule has 0 spiro atoms. The molecule has 1 fully saturated rings. The molecule has 1 heterocycles. The van der Waals surface area contributed by atoms with Crippen LogP contribution >= 0.6 is 24.0 Å². The van der Waals surface area contributed by atoms with Gasteiger partial charge in [0.2, 0.25) is 0 Å². The average Bonchev–Trinajstić information content (AvgIpc) is 2.95. The van der Waals surface area contributed by atoms with E-state index in [1.807, 2.05) is 0 Å². The van der Waals surface area contributed by atoms with Gasteiger partial charge in [0, 0.05) is 12.1 Å². The van der Waals surface area contributed by atoms with E-state index < -0.39 is 16.8 Å². The second-order valence-electron chi connectivity index (χ2n) is 5.63. The van der Waals surface area contributed by atoms with Crippen molar-refractivity contribution in [1.82, 2.24) is 0 Å². The monoisotopic (exact) mass is 400 g/mol. The molecule has 0 atom stereocenters. The normalized spacial score (nSPS) is 15.8. The number of thioether (sulfide) groups is 1. The zero-order valence-corrected chi connectivity index (χ0v) is 15.5. The Hall–Kier alpha value is -3.04. The van der Waals surface area contributed by atoms with Crippen molar-refractivity contribution >= 4 is 57.1 Å². The number of thiocarbonyl (C=S) groups is 1. The van der Waals surface area contributed by atoms with Crippen LogP contribution < -0.4 is 4.90 Å². The first kappa shape index (κ1) is 18.7. The molecule has 1 aliphatic heterocycles. The molecule has 0 bridgehead atoms. The standard InChI is InChI=1S/C18H12N2O5S2/c1-10(11-4-2-7-14(8-11)20(24)25)15-16(21)19(18(26)27-15)13-6-3-5-12(9-13)17(22)23/h2-9H,1H3,(H,22,23). The number of benzene rings is 2. The lowest BCUT2D eigenvalue weighted by Gasteiger charge is -2.15. The van der Waals surface area contributed by atoms with Crippen molar-refractivity contribution in [1.29, 1.82) is 0 Å². The minimum absolute atomic E-state index is 0.0425. The molecule has 0 saturated carbocycles. The van der Waals surface area contributed by atoms with Gasteiger partial charge in [-0.15, -0.1) is 0 Å². The summed E-state index contributed by atoms with van der Waals surface area (Å²) < 4.78 is 0.266. The number of hydrogen-bond acceptors (Lipinski definition) is 6. The van der Waals surface area contributed by atoms with Gasteiger partial charge in [-0.25, -0.2) is 4.79 Å². The number of carboxylic acid groups (broad SMARTS) is 1. The summed E-state index contributed by atoms with van der Waals surface area (Å²) in [5, 5.41) is 20.1. The Morgan fingerprint density at radius 1 is 1.19 bits per heavy atom. The zero-order chi connectivity index (χ0) is 19.7. The van der Waals surface area contributed by atoms with Gasteiger partial charge in [-0.3, -0.25) is 19.8 Å². The molecule has 0 aromatic heterocycles. The number of amides is 1. The zero-order valence-electron chi connectivity index (χ0n) is 13.9. The smallest absolute Gasteiger partial charge is 0.335 e. The van der Waals surface area contributed by atoms with Gasteiger partial charge in [0.25, 0.3) is 11.6 Å². The average molecular weight is 400 g/mol. The summed E-state index contributed by atoms with van der Waals surface area (Å²) in [5.74, 6) is -1.50. The fraction of sp³-hybridized carbons (Fsp3) is 0.0556.